The zero-order valence-electron chi connectivity index (χ0n) is 13.8. The molecule has 5 nitrogen and oxygen atoms in total. The van der Waals surface area contributed by atoms with E-state index in [1.165, 1.54) is 5.56 Å². The lowest BCUT2D eigenvalue weighted by atomic mass is 10.2. The third kappa shape index (κ3) is 3.18. The van der Waals surface area contributed by atoms with Crippen LogP contribution in [0.3, 0.4) is 0 Å². The molecular weight excluding hydrogens is 288 g/mol. The molecule has 2 heterocycles. The topological polar surface area (TPSA) is 58.1 Å². The molecule has 1 aromatic heterocycles. The summed E-state index contributed by atoms with van der Waals surface area (Å²) in [6, 6.07) is 10.1. The molecule has 1 unspecified atom stereocenters. The molecule has 0 spiro atoms. The van der Waals surface area contributed by atoms with Gasteiger partial charge < -0.3 is 10.2 Å². The SMILES string of the molecule is CCC(C)Nc1nc(C)cc(C(=O)N2CCc3ccccc32)n1. The molecule has 0 saturated carbocycles. The molecule has 23 heavy (non-hydrogen) atoms. The minimum absolute atomic E-state index is 0.0624. The molecule has 1 aliphatic rings. The Morgan fingerprint density at radius 3 is 2.91 bits per heavy atom. The van der Waals surface area contributed by atoms with E-state index in [0.29, 0.717) is 18.2 Å². The van der Waals surface area contributed by atoms with E-state index >= 15 is 0 Å². The second-order valence-electron chi connectivity index (χ2n) is 6.01. The van der Waals surface area contributed by atoms with Gasteiger partial charge in [0.05, 0.1) is 0 Å². The van der Waals surface area contributed by atoms with Gasteiger partial charge >= 0.3 is 0 Å². The predicted octanol–water partition coefficient (Wildman–Crippen LogP) is 3.20. The molecule has 0 bridgehead atoms. The second-order valence-corrected chi connectivity index (χ2v) is 6.01. The van der Waals surface area contributed by atoms with Crippen LogP contribution in [0.4, 0.5) is 11.6 Å². The Labute approximate surface area is 136 Å². The first-order chi connectivity index (χ1) is 11.1. The van der Waals surface area contributed by atoms with Crippen LogP contribution >= 0.6 is 0 Å². The molecule has 1 aromatic carbocycles. The molecule has 5 heteroatoms. The van der Waals surface area contributed by atoms with E-state index in [2.05, 4.69) is 35.2 Å². The zero-order valence-corrected chi connectivity index (χ0v) is 13.8. The van der Waals surface area contributed by atoms with Gasteiger partial charge in [-0.25, -0.2) is 9.97 Å². The van der Waals surface area contributed by atoms with Crippen molar-refractivity contribution in [2.24, 2.45) is 0 Å². The fraction of sp³-hybridized carbons (Fsp3) is 0.389. The van der Waals surface area contributed by atoms with Gasteiger partial charge in [0.2, 0.25) is 5.95 Å². The van der Waals surface area contributed by atoms with E-state index in [9.17, 15) is 4.79 Å². The van der Waals surface area contributed by atoms with E-state index < -0.39 is 0 Å². The summed E-state index contributed by atoms with van der Waals surface area (Å²) in [5.74, 6) is 0.461. The first-order valence-electron chi connectivity index (χ1n) is 8.10. The molecule has 0 radical (unpaired) electrons. The number of para-hydroxylation sites is 1. The van der Waals surface area contributed by atoms with Crippen molar-refractivity contribution in [3.63, 3.8) is 0 Å². The van der Waals surface area contributed by atoms with E-state index in [0.717, 1.165) is 24.2 Å². The van der Waals surface area contributed by atoms with Crippen molar-refractivity contribution in [1.82, 2.24) is 9.97 Å². The normalized spacial score (nSPS) is 14.5. The van der Waals surface area contributed by atoms with Crippen LogP contribution in [-0.4, -0.2) is 28.5 Å². The van der Waals surface area contributed by atoms with Crippen molar-refractivity contribution in [2.75, 3.05) is 16.8 Å². The monoisotopic (exact) mass is 310 g/mol. The number of anilines is 2. The summed E-state index contributed by atoms with van der Waals surface area (Å²) in [4.78, 5) is 23.5. The van der Waals surface area contributed by atoms with Gasteiger partial charge in [0.15, 0.2) is 0 Å². The van der Waals surface area contributed by atoms with E-state index in [4.69, 9.17) is 0 Å². The smallest absolute Gasteiger partial charge is 0.277 e. The molecule has 0 fully saturated rings. The van der Waals surface area contributed by atoms with Crippen LogP contribution in [-0.2, 0) is 6.42 Å². The van der Waals surface area contributed by atoms with E-state index in [1.54, 1.807) is 6.07 Å². The van der Waals surface area contributed by atoms with Crippen molar-refractivity contribution in [3.8, 4) is 0 Å². The zero-order chi connectivity index (χ0) is 16.4. The number of nitrogens with zero attached hydrogens (tertiary/aromatic N) is 3. The number of fused-ring (bicyclic) bond motifs is 1. The summed E-state index contributed by atoms with van der Waals surface area (Å²) >= 11 is 0. The van der Waals surface area contributed by atoms with Gasteiger partial charge in [-0.05, 0) is 44.4 Å². The molecule has 1 atom stereocenters. The van der Waals surface area contributed by atoms with Gasteiger partial charge in [0.25, 0.3) is 5.91 Å². The average Bonchev–Trinajstić information content (AvgIpc) is 2.97. The lowest BCUT2D eigenvalue weighted by Gasteiger charge is -2.18. The molecule has 2 aromatic rings. The molecular formula is C18H22N4O. The van der Waals surface area contributed by atoms with Crippen LogP contribution < -0.4 is 10.2 Å². The highest BCUT2D eigenvalue weighted by Gasteiger charge is 2.26. The summed E-state index contributed by atoms with van der Waals surface area (Å²) in [7, 11) is 0. The summed E-state index contributed by atoms with van der Waals surface area (Å²) in [5, 5.41) is 3.24. The largest absolute Gasteiger partial charge is 0.352 e. The van der Waals surface area contributed by atoms with E-state index in [-0.39, 0.29) is 11.9 Å². The quantitative estimate of drug-likeness (QED) is 0.942. The number of nitrogens with one attached hydrogen (secondary N) is 1. The number of hydrogen-bond acceptors (Lipinski definition) is 4. The van der Waals surface area contributed by atoms with Crippen LogP contribution in [0.15, 0.2) is 30.3 Å². The highest BCUT2D eigenvalue weighted by Crippen LogP contribution is 2.28. The number of benzene rings is 1. The lowest BCUT2D eigenvalue weighted by Crippen LogP contribution is -2.30. The van der Waals surface area contributed by atoms with Gasteiger partial charge in [-0.1, -0.05) is 25.1 Å². The molecule has 1 aliphatic heterocycles. The minimum atomic E-state index is -0.0624. The third-order valence-electron chi connectivity index (χ3n) is 4.19. The Morgan fingerprint density at radius 1 is 1.35 bits per heavy atom. The maximum atomic E-state index is 12.9. The first-order valence-corrected chi connectivity index (χ1v) is 8.10. The van der Waals surface area contributed by atoms with Crippen LogP contribution in [0, 0.1) is 6.92 Å². The Balaban J connectivity index is 1.88. The maximum absolute atomic E-state index is 12.9. The van der Waals surface area contributed by atoms with Gasteiger partial charge in [-0.3, -0.25) is 4.79 Å². The molecule has 1 N–H and O–H groups in total. The van der Waals surface area contributed by atoms with Gasteiger partial charge in [-0.15, -0.1) is 0 Å². The van der Waals surface area contributed by atoms with Gasteiger partial charge in [-0.2, -0.15) is 0 Å². The van der Waals surface area contributed by atoms with Gasteiger partial charge in [0, 0.05) is 24.0 Å². The van der Waals surface area contributed by atoms with Crippen molar-refractivity contribution < 1.29 is 4.79 Å². The fourth-order valence-electron chi connectivity index (χ4n) is 2.75. The lowest BCUT2D eigenvalue weighted by molar-refractivity contribution is 0.0984. The third-order valence-corrected chi connectivity index (χ3v) is 4.19. The molecule has 0 saturated heterocycles. The van der Waals surface area contributed by atoms with Crippen LogP contribution in [0.2, 0.25) is 0 Å². The number of aromatic nitrogens is 2. The standard InChI is InChI=1S/C18H22N4O/c1-4-12(2)19-18-20-13(3)11-15(21-18)17(23)22-10-9-14-7-5-6-8-16(14)22/h5-8,11-12H,4,9-10H2,1-3H3,(H,19,20,21). The average molecular weight is 310 g/mol. The summed E-state index contributed by atoms with van der Waals surface area (Å²) < 4.78 is 0. The number of carbonyl (C=O) groups is 1. The van der Waals surface area contributed by atoms with Crippen molar-refractivity contribution >= 4 is 17.5 Å². The molecule has 120 valence electrons. The Kier molecular flexibility index (Phi) is 4.28. The Hall–Kier alpha value is -2.43. The summed E-state index contributed by atoms with van der Waals surface area (Å²) in [6.45, 7) is 6.76. The Bertz CT molecular complexity index is 729. The first kappa shape index (κ1) is 15.5. The summed E-state index contributed by atoms with van der Waals surface area (Å²) in [5.41, 5.74) is 3.44. The minimum Gasteiger partial charge on any atom is -0.352 e. The maximum Gasteiger partial charge on any atom is 0.277 e. The van der Waals surface area contributed by atoms with Gasteiger partial charge in [0.1, 0.15) is 5.69 Å². The molecule has 0 aliphatic carbocycles. The van der Waals surface area contributed by atoms with Crippen LogP contribution in [0.5, 0.6) is 0 Å². The van der Waals surface area contributed by atoms with E-state index in [1.807, 2.05) is 30.0 Å². The molecule has 3 rings (SSSR count). The van der Waals surface area contributed by atoms with Crippen molar-refractivity contribution in [1.29, 1.82) is 0 Å². The number of aryl methyl sites for hydroxylation is 1. The number of hydrogen-bond donors (Lipinski definition) is 1. The number of rotatable bonds is 4. The fourth-order valence-corrected chi connectivity index (χ4v) is 2.75. The van der Waals surface area contributed by atoms with Crippen LogP contribution in [0.25, 0.3) is 0 Å². The number of amides is 1. The summed E-state index contributed by atoms with van der Waals surface area (Å²) in [6.07, 6.45) is 1.87. The Morgan fingerprint density at radius 2 is 2.13 bits per heavy atom. The van der Waals surface area contributed by atoms with Crippen LogP contribution in [0.1, 0.15) is 42.0 Å². The predicted molar refractivity (Wildman–Crippen MR) is 92.0 cm³/mol. The number of carbonyl (C=O) groups excluding carboxylic acids is 1. The molecule has 1 amide bonds. The second kappa shape index (κ2) is 6.36. The van der Waals surface area contributed by atoms with Crippen molar-refractivity contribution in [3.05, 3.63) is 47.3 Å². The highest BCUT2D eigenvalue weighted by molar-refractivity contribution is 6.06. The highest BCUT2D eigenvalue weighted by atomic mass is 16.2. The van der Waals surface area contributed by atoms with Crippen molar-refractivity contribution in [2.45, 2.75) is 39.7 Å².